The Bertz CT molecular complexity index is 1460. The number of rotatable bonds is 4. The van der Waals surface area contributed by atoms with E-state index >= 15 is 0 Å². The number of nitrogens with one attached hydrogen (secondary N) is 1. The highest BCUT2D eigenvalue weighted by molar-refractivity contribution is 5.87. The van der Waals surface area contributed by atoms with Crippen molar-refractivity contribution < 1.29 is 14.2 Å². The van der Waals surface area contributed by atoms with E-state index in [2.05, 4.69) is 41.0 Å². The van der Waals surface area contributed by atoms with Gasteiger partial charge in [-0.15, -0.1) is 0 Å². The monoisotopic (exact) mass is 477 g/mol. The lowest BCUT2D eigenvalue weighted by Crippen LogP contribution is -2.37. The summed E-state index contributed by atoms with van der Waals surface area (Å²) in [5, 5.41) is 4.34. The number of fused-ring (bicyclic) bond motifs is 2. The zero-order chi connectivity index (χ0) is 24.3. The molecule has 0 amide bonds. The number of aromatic amines is 1. The van der Waals surface area contributed by atoms with E-state index in [1.807, 2.05) is 17.7 Å². The van der Waals surface area contributed by atoms with E-state index < -0.39 is 5.79 Å². The molecular weight excluding hydrogens is 446 g/mol. The molecule has 1 spiro atoms. The number of nitrogens with zero attached hydrogens (tertiary/aromatic N) is 4. The molecular formula is C26H31N5O4. The van der Waals surface area contributed by atoms with Crippen LogP contribution in [-0.2, 0) is 9.47 Å². The van der Waals surface area contributed by atoms with Crippen molar-refractivity contribution in [2.75, 3.05) is 20.3 Å². The molecule has 9 nitrogen and oxygen atoms in total. The maximum atomic E-state index is 13.2. The van der Waals surface area contributed by atoms with E-state index in [0.29, 0.717) is 24.6 Å². The van der Waals surface area contributed by atoms with Crippen LogP contribution in [0.25, 0.3) is 27.8 Å². The Labute approximate surface area is 203 Å². The number of hydrogen-bond donors (Lipinski definition) is 1. The fourth-order valence-corrected chi connectivity index (χ4v) is 5.88. The van der Waals surface area contributed by atoms with Gasteiger partial charge < -0.3 is 19.2 Å². The van der Waals surface area contributed by atoms with Crippen LogP contribution in [0.4, 0.5) is 0 Å². The van der Waals surface area contributed by atoms with Crippen molar-refractivity contribution in [2.24, 2.45) is 0 Å². The van der Waals surface area contributed by atoms with Gasteiger partial charge in [-0.05, 0) is 48.9 Å². The van der Waals surface area contributed by atoms with Crippen LogP contribution < -0.4 is 10.4 Å². The number of methoxy groups -OCH3 is 1. The third-order valence-corrected chi connectivity index (χ3v) is 7.67. The third kappa shape index (κ3) is 3.48. The minimum Gasteiger partial charge on any atom is -0.492 e. The normalized spacial score (nSPS) is 18.4. The zero-order valence-corrected chi connectivity index (χ0v) is 20.6. The highest BCUT2D eigenvalue weighted by Crippen LogP contribution is 2.42. The Kier molecular flexibility index (Phi) is 5.23. The Morgan fingerprint density at radius 1 is 1.17 bits per heavy atom. The summed E-state index contributed by atoms with van der Waals surface area (Å²) < 4.78 is 21.2. The Morgan fingerprint density at radius 3 is 2.60 bits per heavy atom. The smallest absolute Gasteiger partial charge is 0.326 e. The molecule has 6 rings (SSSR count). The summed E-state index contributed by atoms with van der Waals surface area (Å²) in [5.41, 5.74) is 6.63. The van der Waals surface area contributed by atoms with Gasteiger partial charge in [-0.1, -0.05) is 13.8 Å². The minimum atomic E-state index is -0.445. The first-order chi connectivity index (χ1) is 16.9. The lowest BCUT2D eigenvalue weighted by atomic mass is 9.89. The molecule has 0 radical (unpaired) electrons. The lowest BCUT2D eigenvalue weighted by Gasteiger charge is -2.35. The molecule has 1 aliphatic heterocycles. The van der Waals surface area contributed by atoms with Crippen molar-refractivity contribution in [1.29, 1.82) is 0 Å². The van der Waals surface area contributed by atoms with Crippen molar-refractivity contribution >= 4 is 16.7 Å². The van der Waals surface area contributed by atoms with Crippen molar-refractivity contribution in [2.45, 2.75) is 64.2 Å². The topological polar surface area (TPSA) is 95.7 Å². The number of benzene rings is 1. The summed E-state index contributed by atoms with van der Waals surface area (Å²) in [6.45, 7) is 7.71. The number of aromatic nitrogens is 5. The highest BCUT2D eigenvalue weighted by atomic mass is 16.7. The van der Waals surface area contributed by atoms with Crippen molar-refractivity contribution in [1.82, 2.24) is 24.1 Å². The summed E-state index contributed by atoms with van der Waals surface area (Å²) in [6.07, 6.45) is 6.84. The molecule has 1 aliphatic carbocycles. The summed E-state index contributed by atoms with van der Waals surface area (Å²) in [7, 11) is 1.65. The van der Waals surface area contributed by atoms with E-state index in [9.17, 15) is 4.79 Å². The number of pyridine rings is 1. The van der Waals surface area contributed by atoms with Gasteiger partial charge in [-0.2, -0.15) is 5.10 Å². The molecule has 1 aromatic carbocycles. The van der Waals surface area contributed by atoms with Gasteiger partial charge in [-0.25, -0.2) is 14.3 Å². The van der Waals surface area contributed by atoms with Crippen LogP contribution in [0.3, 0.4) is 0 Å². The number of imidazole rings is 1. The van der Waals surface area contributed by atoms with Crippen molar-refractivity contribution in [3.8, 4) is 16.9 Å². The SMILES string of the molecule is COc1c(C)c(-c2cc3[nH]c(=O)n(C4CCC5(CC4)OCCO5)c3cc2C(C)C)cn2ncnc12. The zero-order valence-electron chi connectivity index (χ0n) is 20.6. The van der Waals surface area contributed by atoms with Gasteiger partial charge in [0.1, 0.15) is 6.33 Å². The minimum absolute atomic E-state index is 0.0675. The fraction of sp³-hybridized carbons (Fsp3) is 0.500. The fourth-order valence-electron chi connectivity index (χ4n) is 5.88. The first kappa shape index (κ1) is 22.3. The van der Waals surface area contributed by atoms with E-state index in [0.717, 1.165) is 53.4 Å². The predicted molar refractivity (Wildman–Crippen MR) is 132 cm³/mol. The molecule has 2 fully saturated rings. The second-order valence-corrected chi connectivity index (χ2v) is 9.98. The van der Waals surface area contributed by atoms with E-state index in [1.165, 1.54) is 11.9 Å². The van der Waals surface area contributed by atoms with Crippen LogP contribution in [0.5, 0.6) is 5.75 Å². The first-order valence-corrected chi connectivity index (χ1v) is 12.3. The molecule has 9 heteroatoms. The Hall–Kier alpha value is -3.17. The molecule has 1 saturated carbocycles. The molecule has 35 heavy (non-hydrogen) atoms. The van der Waals surface area contributed by atoms with Gasteiger partial charge in [0, 0.05) is 36.2 Å². The van der Waals surface area contributed by atoms with Crippen LogP contribution >= 0.6 is 0 Å². The van der Waals surface area contributed by atoms with Crippen LogP contribution in [0, 0.1) is 6.92 Å². The largest absolute Gasteiger partial charge is 0.492 e. The molecule has 2 aliphatic rings. The Balaban J connectivity index is 1.48. The van der Waals surface area contributed by atoms with E-state index in [1.54, 1.807) is 11.6 Å². The number of H-pyrrole nitrogens is 1. The summed E-state index contributed by atoms with van der Waals surface area (Å²) in [5.74, 6) is 0.506. The molecule has 1 N–H and O–H groups in total. The van der Waals surface area contributed by atoms with Gasteiger partial charge in [-0.3, -0.25) is 4.57 Å². The molecule has 3 aromatic heterocycles. The molecule has 184 valence electrons. The standard InChI is InChI=1S/C26H31N5O4/c1-15(2)18-12-22-21(11-19(18)20-13-30-24(27-14-28-30)23(33-4)16(20)3)29-25(32)31(22)17-5-7-26(8-6-17)34-9-10-35-26/h11-15,17H,5-10H2,1-4H3,(H,29,32). The average Bonchev–Trinajstić information content (AvgIpc) is 3.57. The number of hydrogen-bond acceptors (Lipinski definition) is 6. The van der Waals surface area contributed by atoms with Gasteiger partial charge in [0.15, 0.2) is 17.2 Å². The molecule has 0 unspecified atom stereocenters. The first-order valence-electron chi connectivity index (χ1n) is 12.3. The second-order valence-electron chi connectivity index (χ2n) is 9.98. The molecule has 4 heterocycles. The van der Waals surface area contributed by atoms with Crippen molar-refractivity contribution in [3.63, 3.8) is 0 Å². The third-order valence-electron chi connectivity index (χ3n) is 7.67. The van der Waals surface area contributed by atoms with Gasteiger partial charge >= 0.3 is 5.69 Å². The van der Waals surface area contributed by atoms with Crippen molar-refractivity contribution in [3.05, 3.63) is 46.3 Å². The predicted octanol–water partition coefficient (Wildman–Crippen LogP) is 4.34. The number of ether oxygens (including phenoxy) is 3. The molecule has 0 atom stereocenters. The van der Waals surface area contributed by atoms with Crippen LogP contribution in [0.2, 0.25) is 0 Å². The lowest BCUT2D eigenvalue weighted by molar-refractivity contribution is -0.181. The van der Waals surface area contributed by atoms with E-state index in [4.69, 9.17) is 14.2 Å². The summed E-state index contributed by atoms with van der Waals surface area (Å²) in [4.78, 5) is 20.7. The van der Waals surface area contributed by atoms with E-state index in [-0.39, 0.29) is 17.6 Å². The van der Waals surface area contributed by atoms with Gasteiger partial charge in [0.2, 0.25) is 0 Å². The summed E-state index contributed by atoms with van der Waals surface area (Å²) in [6, 6.07) is 4.40. The highest BCUT2D eigenvalue weighted by Gasteiger charge is 2.41. The van der Waals surface area contributed by atoms with Crippen LogP contribution in [-0.4, -0.2) is 50.3 Å². The van der Waals surface area contributed by atoms with Gasteiger partial charge in [0.25, 0.3) is 0 Å². The molecule has 0 bridgehead atoms. The quantitative estimate of drug-likeness (QED) is 0.470. The average molecular weight is 478 g/mol. The Morgan fingerprint density at radius 2 is 1.91 bits per heavy atom. The second kappa shape index (κ2) is 8.20. The maximum Gasteiger partial charge on any atom is 0.326 e. The van der Waals surface area contributed by atoms with Crippen LogP contribution in [0.15, 0.2) is 29.5 Å². The molecule has 4 aromatic rings. The summed E-state index contributed by atoms with van der Waals surface area (Å²) >= 11 is 0. The molecule has 1 saturated heterocycles. The van der Waals surface area contributed by atoms with Crippen LogP contribution in [0.1, 0.15) is 62.6 Å². The maximum absolute atomic E-state index is 13.2. The van der Waals surface area contributed by atoms with Gasteiger partial charge in [0.05, 0.1) is 31.4 Å².